The molecule has 0 bridgehead atoms. The van der Waals surface area contributed by atoms with E-state index in [-0.39, 0.29) is 0 Å². The van der Waals surface area contributed by atoms with E-state index < -0.39 is 0 Å². The minimum Gasteiger partial charge on any atom is -0.151 e. The van der Waals surface area contributed by atoms with Crippen LogP contribution in [0.2, 0.25) is 0 Å². The molecule has 2 nitrogen and oxygen atoms in total. The van der Waals surface area contributed by atoms with E-state index in [0.29, 0.717) is 6.54 Å². The average molecular weight is 213 g/mol. The molecule has 0 aliphatic heterocycles. The molecular weight excluding hydrogens is 198 g/mol. The molecule has 0 aromatic heterocycles. The molecule has 0 saturated heterocycles. The Morgan fingerprint density at radius 3 is 2.50 bits per heavy atom. The highest BCUT2D eigenvalue weighted by molar-refractivity contribution is 5.84. The SMILES string of the molecule is Cc1cc2ccccc2cc1CCCN=O. The van der Waals surface area contributed by atoms with Gasteiger partial charge in [0.15, 0.2) is 0 Å². The molecule has 0 spiro atoms. The summed E-state index contributed by atoms with van der Waals surface area (Å²) in [4.78, 5) is 10.0. The number of nitroso groups, excluding NO2 is 1. The van der Waals surface area contributed by atoms with Crippen LogP contribution in [0.4, 0.5) is 0 Å². The lowest BCUT2D eigenvalue weighted by molar-refractivity contribution is 0.826. The maximum Gasteiger partial charge on any atom is 0.0814 e. The largest absolute Gasteiger partial charge is 0.151 e. The average Bonchev–Trinajstić information content (AvgIpc) is 2.30. The third-order valence-electron chi connectivity index (χ3n) is 2.90. The first kappa shape index (κ1) is 10.8. The third-order valence-corrected chi connectivity index (χ3v) is 2.90. The second-order valence-corrected chi connectivity index (χ2v) is 4.08. The summed E-state index contributed by atoms with van der Waals surface area (Å²) in [6.07, 6.45) is 1.77. The lowest BCUT2D eigenvalue weighted by Crippen LogP contribution is -1.92. The van der Waals surface area contributed by atoms with Gasteiger partial charge in [0.1, 0.15) is 0 Å². The molecule has 2 aromatic carbocycles. The smallest absolute Gasteiger partial charge is 0.0814 e. The molecule has 2 heteroatoms. The van der Waals surface area contributed by atoms with Crippen molar-refractivity contribution in [1.82, 2.24) is 0 Å². The Bertz CT molecular complexity index is 505. The van der Waals surface area contributed by atoms with E-state index in [4.69, 9.17) is 0 Å². The number of rotatable bonds is 4. The molecule has 0 atom stereocenters. The zero-order valence-electron chi connectivity index (χ0n) is 9.44. The van der Waals surface area contributed by atoms with Gasteiger partial charge in [0.05, 0.1) is 6.54 Å². The van der Waals surface area contributed by atoms with Crippen molar-refractivity contribution < 1.29 is 0 Å². The van der Waals surface area contributed by atoms with Crippen molar-refractivity contribution in [3.63, 3.8) is 0 Å². The maximum atomic E-state index is 10.0. The quantitative estimate of drug-likeness (QED) is 0.560. The topological polar surface area (TPSA) is 29.4 Å². The van der Waals surface area contributed by atoms with Gasteiger partial charge in [-0.05, 0) is 41.7 Å². The van der Waals surface area contributed by atoms with E-state index in [2.05, 4.69) is 48.5 Å². The highest BCUT2D eigenvalue weighted by Crippen LogP contribution is 2.20. The summed E-state index contributed by atoms with van der Waals surface area (Å²) in [5.41, 5.74) is 2.62. The molecule has 2 rings (SSSR count). The highest BCUT2D eigenvalue weighted by atomic mass is 16.3. The summed E-state index contributed by atoms with van der Waals surface area (Å²) >= 11 is 0. The molecule has 0 radical (unpaired) electrons. The summed E-state index contributed by atoms with van der Waals surface area (Å²) in [5, 5.41) is 5.43. The normalized spacial score (nSPS) is 10.6. The van der Waals surface area contributed by atoms with E-state index in [9.17, 15) is 4.91 Å². The summed E-state index contributed by atoms with van der Waals surface area (Å²) in [6, 6.07) is 12.8. The second-order valence-electron chi connectivity index (χ2n) is 4.08. The summed E-state index contributed by atoms with van der Waals surface area (Å²) in [6.45, 7) is 2.53. The number of fused-ring (bicyclic) bond motifs is 1. The summed E-state index contributed by atoms with van der Waals surface area (Å²) in [5.74, 6) is 0. The van der Waals surface area contributed by atoms with Crippen molar-refractivity contribution in [2.24, 2.45) is 5.18 Å². The van der Waals surface area contributed by atoms with Gasteiger partial charge in [-0.25, -0.2) is 0 Å². The molecule has 2 aromatic rings. The van der Waals surface area contributed by atoms with Gasteiger partial charge in [0.2, 0.25) is 0 Å². The molecule has 0 heterocycles. The molecule has 0 saturated carbocycles. The van der Waals surface area contributed by atoms with Gasteiger partial charge in [-0.2, -0.15) is 4.91 Å². The first-order chi connectivity index (χ1) is 7.81. The number of benzene rings is 2. The van der Waals surface area contributed by atoms with Crippen LogP contribution in [0.15, 0.2) is 41.6 Å². The maximum absolute atomic E-state index is 10.0. The Kier molecular flexibility index (Phi) is 3.30. The fourth-order valence-corrected chi connectivity index (χ4v) is 2.00. The molecule has 0 unspecified atom stereocenters. The van der Waals surface area contributed by atoms with Gasteiger partial charge >= 0.3 is 0 Å². The van der Waals surface area contributed by atoms with Crippen LogP contribution in [0.1, 0.15) is 17.5 Å². The third kappa shape index (κ3) is 2.27. The van der Waals surface area contributed by atoms with Gasteiger partial charge < -0.3 is 0 Å². The number of hydrogen-bond donors (Lipinski definition) is 0. The fourth-order valence-electron chi connectivity index (χ4n) is 2.00. The molecule has 82 valence electrons. The van der Waals surface area contributed by atoms with Crippen molar-refractivity contribution in [1.29, 1.82) is 0 Å². The van der Waals surface area contributed by atoms with Crippen LogP contribution in [-0.4, -0.2) is 6.54 Å². The Balaban J connectivity index is 2.30. The van der Waals surface area contributed by atoms with Crippen LogP contribution in [0.3, 0.4) is 0 Å². The van der Waals surface area contributed by atoms with E-state index in [1.54, 1.807) is 0 Å². The zero-order valence-corrected chi connectivity index (χ0v) is 9.44. The molecule has 16 heavy (non-hydrogen) atoms. The number of nitrogens with zero attached hydrogens (tertiary/aromatic N) is 1. The van der Waals surface area contributed by atoms with E-state index in [1.165, 1.54) is 21.9 Å². The Hall–Kier alpha value is -1.70. The minimum atomic E-state index is 0.409. The highest BCUT2D eigenvalue weighted by Gasteiger charge is 2.01. The number of hydrogen-bond acceptors (Lipinski definition) is 2. The standard InChI is InChI=1S/C14H15NO/c1-11-9-13-5-2-3-6-14(13)10-12(11)7-4-8-15-16/h2-3,5-6,9-10H,4,7-8H2,1H3. The van der Waals surface area contributed by atoms with Crippen LogP contribution in [0.5, 0.6) is 0 Å². The van der Waals surface area contributed by atoms with E-state index in [0.717, 1.165) is 12.8 Å². The van der Waals surface area contributed by atoms with Gasteiger partial charge in [-0.1, -0.05) is 41.6 Å². The molecular formula is C14H15NO. The predicted octanol–water partition coefficient (Wildman–Crippen LogP) is 3.85. The molecule has 0 aliphatic carbocycles. The van der Waals surface area contributed by atoms with Crippen molar-refractivity contribution in [3.05, 3.63) is 52.4 Å². The van der Waals surface area contributed by atoms with Crippen LogP contribution >= 0.6 is 0 Å². The van der Waals surface area contributed by atoms with Gasteiger partial charge in [-0.3, -0.25) is 0 Å². The fraction of sp³-hybridized carbons (Fsp3) is 0.286. The van der Waals surface area contributed by atoms with Crippen molar-refractivity contribution in [2.75, 3.05) is 6.54 Å². The van der Waals surface area contributed by atoms with Gasteiger partial charge in [0.25, 0.3) is 0 Å². The van der Waals surface area contributed by atoms with E-state index in [1.807, 2.05) is 0 Å². The molecule has 0 aliphatic rings. The van der Waals surface area contributed by atoms with Crippen molar-refractivity contribution in [2.45, 2.75) is 19.8 Å². The Labute approximate surface area is 95.3 Å². The molecule has 0 N–H and O–H groups in total. The monoisotopic (exact) mass is 213 g/mol. The van der Waals surface area contributed by atoms with Crippen LogP contribution in [-0.2, 0) is 6.42 Å². The summed E-state index contributed by atoms with van der Waals surface area (Å²) in [7, 11) is 0. The molecule has 0 fully saturated rings. The van der Waals surface area contributed by atoms with Crippen molar-refractivity contribution >= 4 is 10.8 Å². The predicted molar refractivity (Wildman–Crippen MR) is 67.7 cm³/mol. The first-order valence-corrected chi connectivity index (χ1v) is 5.58. The number of aryl methyl sites for hydroxylation is 2. The second kappa shape index (κ2) is 4.88. The zero-order chi connectivity index (χ0) is 11.4. The van der Waals surface area contributed by atoms with Crippen molar-refractivity contribution in [3.8, 4) is 0 Å². The van der Waals surface area contributed by atoms with Gasteiger partial charge in [-0.15, -0.1) is 0 Å². The lowest BCUT2D eigenvalue weighted by atomic mass is 9.99. The first-order valence-electron chi connectivity index (χ1n) is 5.58. The Morgan fingerprint density at radius 1 is 1.12 bits per heavy atom. The summed E-state index contributed by atoms with van der Waals surface area (Å²) < 4.78 is 0. The van der Waals surface area contributed by atoms with Crippen LogP contribution in [0.25, 0.3) is 10.8 Å². The lowest BCUT2D eigenvalue weighted by Gasteiger charge is -2.07. The van der Waals surface area contributed by atoms with E-state index >= 15 is 0 Å². The Morgan fingerprint density at radius 2 is 1.81 bits per heavy atom. The van der Waals surface area contributed by atoms with Gasteiger partial charge in [0, 0.05) is 0 Å². The van der Waals surface area contributed by atoms with Crippen LogP contribution < -0.4 is 0 Å². The molecule has 0 amide bonds. The minimum absolute atomic E-state index is 0.409. The van der Waals surface area contributed by atoms with Crippen LogP contribution in [0, 0.1) is 11.8 Å².